The molecule has 0 fully saturated rings. The van der Waals surface area contributed by atoms with Crippen LogP contribution in [0.25, 0.3) is 103 Å². The Bertz CT molecular complexity index is 2570. The second-order valence-corrected chi connectivity index (χ2v) is 13.9. The molecule has 0 saturated heterocycles. The Labute approximate surface area is 275 Å². The predicted molar refractivity (Wildman–Crippen MR) is 203 cm³/mol. The third-order valence-corrected chi connectivity index (χ3v) is 11.7. The lowest BCUT2D eigenvalue weighted by Crippen LogP contribution is -1.93. The molecular weight excluding hydrogens is 593 g/mol. The van der Waals surface area contributed by atoms with Crippen LogP contribution in [0.15, 0.2) is 145 Å². The molecule has 0 nitrogen and oxygen atoms in total. The van der Waals surface area contributed by atoms with Gasteiger partial charge in [-0.3, -0.25) is 0 Å². The summed E-state index contributed by atoms with van der Waals surface area (Å²) in [5.74, 6) is 0. The fourth-order valence-electron chi connectivity index (χ4n) is 7.75. The molecule has 214 valence electrons. The number of fused-ring (bicyclic) bond motifs is 6. The zero-order valence-electron chi connectivity index (χ0n) is 24.9. The number of thiophene rings is 2. The summed E-state index contributed by atoms with van der Waals surface area (Å²) in [4.78, 5) is 0. The molecule has 0 amide bonds. The first kappa shape index (κ1) is 26.0. The fraction of sp³-hybridized carbons (Fsp3) is 0. The number of benzene rings is 7. The van der Waals surface area contributed by atoms with Crippen LogP contribution in [0.5, 0.6) is 0 Å². The van der Waals surface area contributed by atoms with Crippen LogP contribution in [0.4, 0.5) is 0 Å². The van der Waals surface area contributed by atoms with E-state index < -0.39 is 0 Å². The Morgan fingerprint density at radius 3 is 1.48 bits per heavy atom. The van der Waals surface area contributed by atoms with Crippen molar-refractivity contribution < 1.29 is 0 Å². The van der Waals surface area contributed by atoms with E-state index in [1.54, 1.807) is 0 Å². The maximum Gasteiger partial charge on any atom is 0.0349 e. The minimum atomic E-state index is 1.13. The van der Waals surface area contributed by atoms with Crippen LogP contribution in [0.2, 0.25) is 0 Å². The van der Waals surface area contributed by atoms with Crippen molar-refractivity contribution in [3.63, 3.8) is 0 Å². The summed E-state index contributed by atoms with van der Waals surface area (Å²) in [6.07, 6.45) is 1.91. The van der Waals surface area contributed by atoms with Crippen LogP contribution in [0.1, 0.15) is 5.56 Å². The summed E-state index contributed by atoms with van der Waals surface area (Å²) in [6.45, 7) is 3.96. The molecule has 2 aromatic heterocycles. The van der Waals surface area contributed by atoms with Gasteiger partial charge in [-0.15, -0.1) is 22.7 Å². The number of rotatable bonds is 4. The van der Waals surface area contributed by atoms with E-state index in [-0.39, 0.29) is 0 Å². The van der Waals surface area contributed by atoms with Crippen molar-refractivity contribution in [1.82, 2.24) is 0 Å². The van der Waals surface area contributed by atoms with E-state index in [0.29, 0.717) is 0 Å². The van der Waals surface area contributed by atoms with Crippen LogP contribution in [0, 0.1) is 0 Å². The smallest absolute Gasteiger partial charge is 0.0349 e. The molecule has 2 heterocycles. The minimum Gasteiger partial charge on any atom is -0.143 e. The van der Waals surface area contributed by atoms with Crippen LogP contribution in [0.3, 0.4) is 0 Å². The molecule has 2 heteroatoms. The van der Waals surface area contributed by atoms with Gasteiger partial charge < -0.3 is 0 Å². The van der Waals surface area contributed by atoms with E-state index in [2.05, 4.69) is 145 Å². The van der Waals surface area contributed by atoms with Gasteiger partial charge in [0.05, 0.1) is 0 Å². The second kappa shape index (κ2) is 9.86. The zero-order chi connectivity index (χ0) is 30.4. The maximum absolute atomic E-state index is 3.96. The van der Waals surface area contributed by atoms with Gasteiger partial charge in [-0.05, 0) is 94.5 Å². The molecule has 0 radical (unpaired) electrons. The average molecular weight is 619 g/mol. The molecular formula is C44H26S2. The summed E-state index contributed by atoms with van der Waals surface area (Å²) in [5.41, 5.74) is 14.3. The van der Waals surface area contributed by atoms with Crippen LogP contribution < -0.4 is 0 Å². The Morgan fingerprint density at radius 2 is 0.891 bits per heavy atom. The Kier molecular flexibility index (Phi) is 5.57. The lowest BCUT2D eigenvalue weighted by molar-refractivity contribution is 1.63. The normalized spacial score (nSPS) is 12.0. The van der Waals surface area contributed by atoms with E-state index in [4.69, 9.17) is 0 Å². The van der Waals surface area contributed by atoms with Crippen molar-refractivity contribution >= 4 is 70.5 Å². The summed E-state index contributed by atoms with van der Waals surface area (Å²) in [6, 6.07) is 47.2. The van der Waals surface area contributed by atoms with Gasteiger partial charge in [0.25, 0.3) is 0 Å². The Hall–Kier alpha value is -5.28. The molecule has 0 atom stereocenters. The molecule has 0 saturated carbocycles. The van der Waals surface area contributed by atoms with Crippen LogP contribution in [-0.4, -0.2) is 0 Å². The van der Waals surface area contributed by atoms with E-state index in [1.807, 2.05) is 28.7 Å². The SMILES string of the molecule is C=Cc1ccc(-c2ccc3c4c(cccc24)-c2c-3c(-c3csc4ccccc34)c3ccccc3c2-c2csc3ccccc23)cc1. The fourth-order valence-corrected chi connectivity index (χ4v) is 9.66. The molecule has 0 spiro atoms. The molecule has 0 unspecified atom stereocenters. The first-order chi connectivity index (χ1) is 22.8. The monoisotopic (exact) mass is 618 g/mol. The molecule has 1 aliphatic carbocycles. The lowest BCUT2D eigenvalue weighted by atomic mass is 9.82. The van der Waals surface area contributed by atoms with Gasteiger partial charge in [0.15, 0.2) is 0 Å². The Balaban J connectivity index is 1.39. The van der Waals surface area contributed by atoms with Gasteiger partial charge in [-0.2, -0.15) is 0 Å². The van der Waals surface area contributed by atoms with Crippen molar-refractivity contribution in [3.05, 3.63) is 150 Å². The van der Waals surface area contributed by atoms with Crippen molar-refractivity contribution in [1.29, 1.82) is 0 Å². The predicted octanol–water partition coefficient (Wildman–Crippen LogP) is 13.7. The van der Waals surface area contributed by atoms with Crippen molar-refractivity contribution in [2.75, 3.05) is 0 Å². The molecule has 0 N–H and O–H groups in total. The van der Waals surface area contributed by atoms with Gasteiger partial charge >= 0.3 is 0 Å². The van der Waals surface area contributed by atoms with E-state index in [1.165, 1.54) is 97.4 Å². The molecule has 0 aliphatic heterocycles. The van der Waals surface area contributed by atoms with Crippen LogP contribution in [-0.2, 0) is 0 Å². The summed E-state index contributed by atoms with van der Waals surface area (Å²) < 4.78 is 2.64. The molecule has 10 rings (SSSR count). The lowest BCUT2D eigenvalue weighted by Gasteiger charge is -2.20. The van der Waals surface area contributed by atoms with Crippen LogP contribution >= 0.6 is 22.7 Å². The standard InChI is InChI=1S/C44H26S2/c1-2-26-18-20-27(21-19-26)28-22-23-35-40-31(28)14-9-15-34(40)43-41(36-24-45-38-16-7-5-10-29(36)38)32-12-3-4-13-33(32)42(44(35)43)37-25-46-39-17-8-6-11-30(37)39/h2-25H,1H2. The van der Waals surface area contributed by atoms with Gasteiger partial charge in [0, 0.05) is 31.3 Å². The molecule has 9 aromatic rings. The highest BCUT2D eigenvalue weighted by Gasteiger charge is 2.32. The Morgan fingerprint density at radius 1 is 0.391 bits per heavy atom. The second-order valence-electron chi connectivity index (χ2n) is 12.1. The summed E-state index contributed by atoms with van der Waals surface area (Å²) in [5, 5.41) is 12.6. The number of hydrogen-bond donors (Lipinski definition) is 0. The van der Waals surface area contributed by atoms with Gasteiger partial charge in [-0.25, -0.2) is 0 Å². The van der Waals surface area contributed by atoms with Gasteiger partial charge in [-0.1, -0.05) is 128 Å². The van der Waals surface area contributed by atoms with Gasteiger partial charge in [0.2, 0.25) is 0 Å². The highest BCUT2D eigenvalue weighted by atomic mass is 32.1. The first-order valence-electron chi connectivity index (χ1n) is 15.6. The third kappa shape index (κ3) is 3.54. The molecule has 7 aromatic carbocycles. The van der Waals surface area contributed by atoms with Crippen molar-refractivity contribution in [2.24, 2.45) is 0 Å². The largest absolute Gasteiger partial charge is 0.143 e. The van der Waals surface area contributed by atoms with Gasteiger partial charge in [0.1, 0.15) is 0 Å². The first-order valence-corrected chi connectivity index (χ1v) is 17.4. The van der Waals surface area contributed by atoms with E-state index >= 15 is 0 Å². The average Bonchev–Trinajstić information content (AvgIpc) is 3.83. The quantitative estimate of drug-likeness (QED) is 0.184. The minimum absolute atomic E-state index is 1.13. The zero-order valence-corrected chi connectivity index (χ0v) is 26.5. The molecule has 1 aliphatic rings. The maximum atomic E-state index is 3.96. The highest BCUT2D eigenvalue weighted by molar-refractivity contribution is 7.18. The number of hydrogen-bond acceptors (Lipinski definition) is 2. The topological polar surface area (TPSA) is 0 Å². The molecule has 46 heavy (non-hydrogen) atoms. The third-order valence-electron chi connectivity index (χ3n) is 9.75. The van der Waals surface area contributed by atoms with Crippen molar-refractivity contribution in [3.8, 4) is 55.6 Å². The highest BCUT2D eigenvalue weighted by Crippen LogP contribution is 2.60. The summed E-state index contributed by atoms with van der Waals surface area (Å²) in [7, 11) is 0. The molecule has 0 bridgehead atoms. The summed E-state index contributed by atoms with van der Waals surface area (Å²) >= 11 is 3.68. The van der Waals surface area contributed by atoms with E-state index in [0.717, 1.165) is 5.56 Å². The van der Waals surface area contributed by atoms with Crippen molar-refractivity contribution in [2.45, 2.75) is 0 Å². The van der Waals surface area contributed by atoms with E-state index in [9.17, 15) is 0 Å².